The molecule has 2 N–H and O–H groups in total. The Morgan fingerprint density at radius 1 is 1.56 bits per heavy atom. The van der Waals surface area contributed by atoms with Gasteiger partial charge < -0.3 is 15.0 Å². The standard InChI is InChI=1S/C11H14N4O2S/c1-16-9(6-2-3-6)10-14-8(17-15-10)4-7-5-18-11(12)13-7/h5-6,9H,2-4H2,1H3,(H2,12,13). The maximum absolute atomic E-state index is 5.58. The molecule has 1 atom stereocenters. The van der Waals surface area contributed by atoms with E-state index in [1.54, 1.807) is 7.11 Å². The number of nitrogens with zero attached hydrogens (tertiary/aromatic N) is 3. The third-order valence-corrected chi connectivity index (χ3v) is 3.67. The van der Waals surface area contributed by atoms with Crippen LogP contribution in [-0.4, -0.2) is 22.2 Å². The average Bonchev–Trinajstić information content (AvgIpc) is 2.94. The number of anilines is 1. The van der Waals surface area contributed by atoms with Crippen molar-refractivity contribution in [2.24, 2.45) is 5.92 Å². The van der Waals surface area contributed by atoms with Crippen molar-refractivity contribution in [3.8, 4) is 0 Å². The molecule has 2 aromatic heterocycles. The minimum atomic E-state index is -0.0389. The molecule has 2 aromatic rings. The Morgan fingerprint density at radius 3 is 3.00 bits per heavy atom. The number of hydrogen-bond acceptors (Lipinski definition) is 7. The Hall–Kier alpha value is -1.47. The fourth-order valence-corrected chi connectivity index (χ4v) is 2.48. The predicted molar refractivity (Wildman–Crippen MR) is 66.1 cm³/mol. The number of ether oxygens (including phenoxy) is 1. The second-order valence-electron chi connectivity index (χ2n) is 4.39. The molecule has 7 heteroatoms. The maximum Gasteiger partial charge on any atom is 0.232 e. The van der Waals surface area contributed by atoms with Crippen molar-refractivity contribution in [1.82, 2.24) is 15.1 Å². The molecule has 1 unspecified atom stereocenters. The third kappa shape index (κ3) is 2.37. The number of rotatable bonds is 5. The van der Waals surface area contributed by atoms with Crippen molar-refractivity contribution in [2.75, 3.05) is 12.8 Å². The van der Waals surface area contributed by atoms with Gasteiger partial charge in [-0.05, 0) is 18.8 Å². The molecule has 6 nitrogen and oxygen atoms in total. The van der Waals surface area contributed by atoms with Crippen molar-refractivity contribution >= 4 is 16.5 Å². The van der Waals surface area contributed by atoms with Gasteiger partial charge in [-0.1, -0.05) is 5.16 Å². The van der Waals surface area contributed by atoms with Crippen molar-refractivity contribution in [2.45, 2.75) is 25.4 Å². The number of hydrogen-bond donors (Lipinski definition) is 1. The van der Waals surface area contributed by atoms with Gasteiger partial charge in [-0.25, -0.2) is 4.98 Å². The summed E-state index contributed by atoms with van der Waals surface area (Å²) in [7, 11) is 1.68. The zero-order valence-corrected chi connectivity index (χ0v) is 10.8. The van der Waals surface area contributed by atoms with Crippen molar-refractivity contribution in [3.05, 3.63) is 22.8 Å². The van der Waals surface area contributed by atoms with Crippen LogP contribution in [0.1, 0.15) is 36.4 Å². The van der Waals surface area contributed by atoms with Crippen molar-refractivity contribution in [3.63, 3.8) is 0 Å². The van der Waals surface area contributed by atoms with Crippen molar-refractivity contribution in [1.29, 1.82) is 0 Å². The molecule has 3 rings (SSSR count). The molecule has 96 valence electrons. The van der Waals surface area contributed by atoms with E-state index >= 15 is 0 Å². The van der Waals surface area contributed by atoms with Crippen LogP contribution in [0.4, 0.5) is 5.13 Å². The first-order chi connectivity index (χ1) is 8.76. The highest BCUT2D eigenvalue weighted by molar-refractivity contribution is 7.13. The molecule has 0 radical (unpaired) electrons. The SMILES string of the molecule is COC(c1noc(Cc2csc(N)n2)n1)C1CC1. The average molecular weight is 266 g/mol. The second-order valence-corrected chi connectivity index (χ2v) is 5.28. The Kier molecular flexibility index (Phi) is 3.00. The lowest BCUT2D eigenvalue weighted by Crippen LogP contribution is -2.05. The van der Waals surface area contributed by atoms with Gasteiger partial charge in [-0.2, -0.15) is 4.98 Å². The van der Waals surface area contributed by atoms with Gasteiger partial charge in [0.2, 0.25) is 11.7 Å². The van der Waals surface area contributed by atoms with E-state index in [2.05, 4.69) is 15.1 Å². The second kappa shape index (κ2) is 4.66. The summed E-state index contributed by atoms with van der Waals surface area (Å²) in [5.74, 6) is 1.73. The van der Waals surface area contributed by atoms with E-state index in [1.807, 2.05) is 5.38 Å². The van der Waals surface area contributed by atoms with Crippen LogP contribution in [0, 0.1) is 5.92 Å². The molecular weight excluding hydrogens is 252 g/mol. The van der Waals surface area contributed by atoms with Crippen LogP contribution >= 0.6 is 11.3 Å². The number of nitrogen functional groups attached to an aromatic ring is 1. The molecule has 0 bridgehead atoms. The van der Waals surface area contributed by atoms with Crippen LogP contribution in [0.25, 0.3) is 0 Å². The Morgan fingerprint density at radius 2 is 2.39 bits per heavy atom. The highest BCUT2D eigenvalue weighted by Gasteiger charge is 2.35. The van der Waals surface area contributed by atoms with E-state index in [0.29, 0.717) is 29.2 Å². The van der Waals surface area contributed by atoms with E-state index < -0.39 is 0 Å². The van der Waals surface area contributed by atoms with Crippen molar-refractivity contribution < 1.29 is 9.26 Å². The number of nitrogens with two attached hydrogens (primary N) is 1. The topological polar surface area (TPSA) is 87.1 Å². The highest BCUT2D eigenvalue weighted by atomic mass is 32.1. The zero-order chi connectivity index (χ0) is 12.5. The minimum Gasteiger partial charge on any atom is -0.375 e. The Balaban J connectivity index is 1.72. The summed E-state index contributed by atoms with van der Waals surface area (Å²) in [4.78, 5) is 8.53. The lowest BCUT2D eigenvalue weighted by molar-refractivity contribution is 0.0751. The van der Waals surface area contributed by atoms with Gasteiger partial charge in [0, 0.05) is 12.5 Å². The predicted octanol–water partition coefficient (Wildman–Crippen LogP) is 1.80. The molecule has 1 fully saturated rings. The summed E-state index contributed by atoms with van der Waals surface area (Å²) in [6.07, 6.45) is 2.82. The maximum atomic E-state index is 5.58. The number of aromatic nitrogens is 3. The third-order valence-electron chi connectivity index (χ3n) is 2.94. The number of methoxy groups -OCH3 is 1. The summed E-state index contributed by atoms with van der Waals surface area (Å²) in [5.41, 5.74) is 6.43. The quantitative estimate of drug-likeness (QED) is 0.887. The van der Waals surface area contributed by atoms with Gasteiger partial charge in [0.15, 0.2) is 5.13 Å². The molecule has 0 aromatic carbocycles. The molecule has 1 aliphatic carbocycles. The van der Waals surface area contributed by atoms with Crippen LogP contribution < -0.4 is 5.73 Å². The van der Waals surface area contributed by atoms with E-state index in [-0.39, 0.29) is 6.10 Å². The summed E-state index contributed by atoms with van der Waals surface area (Å²) in [5, 5.41) is 6.43. The summed E-state index contributed by atoms with van der Waals surface area (Å²) in [6, 6.07) is 0. The van der Waals surface area contributed by atoms with Crippen LogP contribution in [-0.2, 0) is 11.2 Å². The van der Waals surface area contributed by atoms with Gasteiger partial charge in [0.05, 0.1) is 12.1 Å². The van der Waals surface area contributed by atoms with Gasteiger partial charge >= 0.3 is 0 Å². The first-order valence-corrected chi connectivity index (χ1v) is 6.69. The lowest BCUT2D eigenvalue weighted by Gasteiger charge is -2.07. The Bertz CT molecular complexity index is 535. The van der Waals surface area contributed by atoms with Gasteiger partial charge in [-0.3, -0.25) is 0 Å². The molecule has 0 saturated heterocycles. The largest absolute Gasteiger partial charge is 0.375 e. The molecule has 1 saturated carbocycles. The summed E-state index contributed by atoms with van der Waals surface area (Å²) >= 11 is 1.41. The zero-order valence-electron chi connectivity index (χ0n) is 10.00. The van der Waals surface area contributed by atoms with E-state index in [1.165, 1.54) is 24.2 Å². The molecule has 2 heterocycles. The van der Waals surface area contributed by atoms with Crippen LogP contribution in [0.3, 0.4) is 0 Å². The first-order valence-electron chi connectivity index (χ1n) is 5.81. The van der Waals surface area contributed by atoms with E-state index in [9.17, 15) is 0 Å². The molecule has 0 spiro atoms. The molecule has 18 heavy (non-hydrogen) atoms. The monoisotopic (exact) mass is 266 g/mol. The van der Waals surface area contributed by atoms with Crippen LogP contribution in [0.5, 0.6) is 0 Å². The summed E-state index contributed by atoms with van der Waals surface area (Å²) < 4.78 is 10.6. The van der Waals surface area contributed by atoms with Crippen LogP contribution in [0.15, 0.2) is 9.90 Å². The molecular formula is C11H14N4O2S. The molecule has 0 amide bonds. The van der Waals surface area contributed by atoms with Crippen LogP contribution in [0.2, 0.25) is 0 Å². The molecule has 0 aliphatic heterocycles. The van der Waals surface area contributed by atoms with Gasteiger partial charge in [0.25, 0.3) is 0 Å². The fourth-order valence-electron chi connectivity index (χ4n) is 1.92. The van der Waals surface area contributed by atoms with E-state index in [0.717, 1.165) is 5.69 Å². The minimum absolute atomic E-state index is 0.0389. The lowest BCUT2D eigenvalue weighted by atomic mass is 10.2. The van der Waals surface area contributed by atoms with Gasteiger partial charge in [0.1, 0.15) is 6.10 Å². The number of thiazole rings is 1. The normalized spacial score (nSPS) is 16.9. The Labute approximate surface area is 108 Å². The highest BCUT2D eigenvalue weighted by Crippen LogP contribution is 2.41. The van der Waals surface area contributed by atoms with Gasteiger partial charge in [-0.15, -0.1) is 11.3 Å². The fraction of sp³-hybridized carbons (Fsp3) is 0.545. The van der Waals surface area contributed by atoms with E-state index in [4.69, 9.17) is 15.0 Å². The summed E-state index contributed by atoms with van der Waals surface area (Å²) in [6.45, 7) is 0. The smallest absolute Gasteiger partial charge is 0.232 e. The molecule has 1 aliphatic rings. The first kappa shape index (κ1) is 11.6.